The van der Waals surface area contributed by atoms with Gasteiger partial charge in [-0.15, -0.1) is 0 Å². The standard InChI is InChI=1S/C20H24.C4H8.Zr/c1-3-7-19-15(5-1)9-11-17(19)13-14-18-12-10-16-6-2-4-8-20(16)18;1-3-4-2;/h9-12H,1-8,13-14H2;1-4H2;/q;-2;+4. The zero-order valence-corrected chi connectivity index (χ0v) is 18.2. The predicted molar refractivity (Wildman–Crippen MR) is 103 cm³/mol. The van der Waals surface area contributed by atoms with Gasteiger partial charge in [-0.1, -0.05) is 25.7 Å². The van der Waals surface area contributed by atoms with Gasteiger partial charge in [0.1, 0.15) is 0 Å². The van der Waals surface area contributed by atoms with Crippen LogP contribution in [0.3, 0.4) is 0 Å². The van der Waals surface area contributed by atoms with Gasteiger partial charge in [0.15, 0.2) is 0 Å². The van der Waals surface area contributed by atoms with Crippen molar-refractivity contribution in [3.63, 3.8) is 0 Å². The molecule has 0 spiro atoms. The quantitative estimate of drug-likeness (QED) is 0.455. The van der Waals surface area contributed by atoms with Crippen LogP contribution in [0.25, 0.3) is 0 Å². The van der Waals surface area contributed by atoms with E-state index in [0.717, 1.165) is 12.8 Å². The number of unbranched alkanes of at least 4 members (excludes halogenated alkanes) is 1. The molecule has 0 aromatic carbocycles. The normalized spacial score (nSPS) is 26.6. The van der Waals surface area contributed by atoms with Gasteiger partial charge in [-0.05, 0) is 99.7 Å². The molecule has 0 N–H and O–H groups in total. The summed E-state index contributed by atoms with van der Waals surface area (Å²) in [4.78, 5) is 0. The molecule has 0 atom stereocenters. The van der Waals surface area contributed by atoms with Crippen molar-refractivity contribution in [1.29, 1.82) is 0 Å². The molecule has 0 aromatic heterocycles. The molecular weight excluding hydrogens is 379 g/mol. The van der Waals surface area contributed by atoms with Crippen molar-refractivity contribution in [3.8, 4) is 0 Å². The van der Waals surface area contributed by atoms with Crippen molar-refractivity contribution in [1.82, 2.24) is 0 Å². The minimum Gasteiger partial charge on any atom is -0.346 e. The third kappa shape index (κ3) is 5.93. The van der Waals surface area contributed by atoms with Gasteiger partial charge < -0.3 is 13.8 Å². The average molecular weight is 412 g/mol. The van der Waals surface area contributed by atoms with Crippen LogP contribution in [0.2, 0.25) is 0 Å². The molecule has 0 amide bonds. The Kier molecular flexibility index (Phi) is 10.3. The molecule has 0 nitrogen and oxygen atoms in total. The molecule has 10 radical (unpaired) electrons. The molecule has 0 saturated heterocycles. The third-order valence-electron chi connectivity index (χ3n) is 5.68. The van der Waals surface area contributed by atoms with Gasteiger partial charge in [0.05, 0.1) is 0 Å². The van der Waals surface area contributed by atoms with Gasteiger partial charge in [0.2, 0.25) is 0 Å². The summed E-state index contributed by atoms with van der Waals surface area (Å²) in [6.45, 7) is 7.08. The molecule has 4 aliphatic rings. The van der Waals surface area contributed by atoms with E-state index < -0.39 is 0 Å². The number of fused-ring (bicyclic) bond motifs is 2. The molecule has 4 aliphatic carbocycles. The fraction of sp³-hybridized carbons (Fsp3) is 0.500. The zero-order valence-electron chi connectivity index (χ0n) is 15.7. The minimum absolute atomic E-state index is 0. The molecule has 4 saturated carbocycles. The zero-order chi connectivity index (χ0) is 16.8. The van der Waals surface area contributed by atoms with Gasteiger partial charge in [-0.2, -0.15) is 0 Å². The van der Waals surface area contributed by atoms with Crippen LogP contribution in [0.4, 0.5) is 0 Å². The fourth-order valence-corrected chi connectivity index (χ4v) is 4.30. The molecule has 130 valence electrons. The Balaban J connectivity index is 0.000000411. The van der Waals surface area contributed by atoms with Crippen LogP contribution >= 0.6 is 0 Å². The molecular formula is C24H32Zr+2. The maximum atomic E-state index is 3.54. The molecule has 1 heteroatoms. The van der Waals surface area contributed by atoms with Crippen LogP contribution in [0, 0.1) is 75.0 Å². The monoisotopic (exact) mass is 410 g/mol. The van der Waals surface area contributed by atoms with Crippen molar-refractivity contribution in [2.24, 2.45) is 0 Å². The first kappa shape index (κ1) is 22.2. The minimum atomic E-state index is 0. The van der Waals surface area contributed by atoms with E-state index in [4.69, 9.17) is 0 Å². The second-order valence-electron chi connectivity index (χ2n) is 7.35. The summed E-state index contributed by atoms with van der Waals surface area (Å²) in [6, 6.07) is 0. The van der Waals surface area contributed by atoms with E-state index in [2.05, 4.69) is 39.5 Å². The van der Waals surface area contributed by atoms with Gasteiger partial charge in [0.25, 0.3) is 0 Å². The van der Waals surface area contributed by atoms with Crippen LogP contribution in [0.1, 0.15) is 77.0 Å². The topological polar surface area (TPSA) is 0 Å². The van der Waals surface area contributed by atoms with Crippen LogP contribution < -0.4 is 0 Å². The van der Waals surface area contributed by atoms with Crippen molar-refractivity contribution in [2.45, 2.75) is 77.0 Å². The SMILES string of the molecule is [CH2-]CC[CH2-].[CH]1[CH][C](CC[C]2[CH][CH][C]3CCCC[C]32)[C]2CCCC[C]12.[Zr+4]. The molecule has 0 heterocycles. The maximum absolute atomic E-state index is 3.54. The Morgan fingerprint density at radius 1 is 0.600 bits per heavy atom. The van der Waals surface area contributed by atoms with E-state index in [1.54, 1.807) is 35.5 Å². The number of hydrogen-bond acceptors (Lipinski definition) is 0. The third-order valence-corrected chi connectivity index (χ3v) is 5.68. The molecule has 25 heavy (non-hydrogen) atoms. The van der Waals surface area contributed by atoms with E-state index in [1.165, 1.54) is 64.2 Å². The molecule has 0 unspecified atom stereocenters. The Morgan fingerprint density at radius 3 is 1.40 bits per heavy atom. The first-order valence-corrected chi connectivity index (χ1v) is 9.94. The van der Waals surface area contributed by atoms with Crippen molar-refractivity contribution < 1.29 is 26.2 Å². The summed E-state index contributed by atoms with van der Waals surface area (Å²) in [6.07, 6.45) is 24.9. The van der Waals surface area contributed by atoms with Gasteiger partial charge in [-0.25, -0.2) is 12.8 Å². The largest absolute Gasteiger partial charge is 4.00 e. The van der Waals surface area contributed by atoms with Crippen LogP contribution in [-0.4, -0.2) is 0 Å². The molecule has 0 aliphatic heterocycles. The molecule has 0 bridgehead atoms. The fourth-order valence-electron chi connectivity index (χ4n) is 4.30. The van der Waals surface area contributed by atoms with E-state index in [9.17, 15) is 0 Å². The van der Waals surface area contributed by atoms with Crippen LogP contribution in [0.15, 0.2) is 0 Å². The summed E-state index contributed by atoms with van der Waals surface area (Å²) in [5.41, 5.74) is 0. The van der Waals surface area contributed by atoms with Crippen molar-refractivity contribution in [2.75, 3.05) is 0 Å². The Hall–Kier alpha value is 0.883. The van der Waals surface area contributed by atoms with Crippen LogP contribution in [-0.2, 0) is 26.2 Å². The predicted octanol–water partition coefficient (Wildman–Crippen LogP) is 6.64. The maximum Gasteiger partial charge on any atom is 4.00 e. The molecule has 4 rings (SSSR count). The Labute approximate surface area is 177 Å². The average Bonchev–Trinajstić information content (AvgIpc) is 3.24. The summed E-state index contributed by atoms with van der Waals surface area (Å²) >= 11 is 0. The van der Waals surface area contributed by atoms with E-state index in [0.29, 0.717) is 0 Å². The Bertz CT molecular complexity index is 318. The van der Waals surface area contributed by atoms with Gasteiger partial charge in [-0.3, -0.25) is 0 Å². The van der Waals surface area contributed by atoms with Gasteiger partial charge in [0, 0.05) is 0 Å². The van der Waals surface area contributed by atoms with Gasteiger partial charge >= 0.3 is 26.2 Å². The second kappa shape index (κ2) is 11.7. The second-order valence-corrected chi connectivity index (χ2v) is 7.35. The first-order valence-electron chi connectivity index (χ1n) is 9.94. The smallest absolute Gasteiger partial charge is 0.346 e. The van der Waals surface area contributed by atoms with E-state index in [1.807, 2.05) is 0 Å². The van der Waals surface area contributed by atoms with Crippen molar-refractivity contribution >= 4 is 0 Å². The van der Waals surface area contributed by atoms with Crippen LogP contribution in [0.5, 0.6) is 0 Å². The first-order chi connectivity index (χ1) is 11.8. The van der Waals surface area contributed by atoms with E-state index in [-0.39, 0.29) is 26.2 Å². The molecule has 4 fully saturated rings. The molecule has 0 aromatic rings. The summed E-state index contributed by atoms with van der Waals surface area (Å²) in [5.74, 6) is 10.00. The van der Waals surface area contributed by atoms with E-state index >= 15 is 0 Å². The summed E-state index contributed by atoms with van der Waals surface area (Å²) < 4.78 is 0. The summed E-state index contributed by atoms with van der Waals surface area (Å²) in [7, 11) is 0. The van der Waals surface area contributed by atoms with Crippen molar-refractivity contribution in [3.05, 3.63) is 75.0 Å². The number of hydrogen-bond donors (Lipinski definition) is 0. The summed E-state index contributed by atoms with van der Waals surface area (Å²) in [5, 5.41) is 0. The number of rotatable bonds is 4. The Morgan fingerprint density at radius 2 is 1.00 bits per heavy atom.